The number of rotatable bonds is 9. The molecule has 0 saturated carbocycles. The fourth-order valence-electron chi connectivity index (χ4n) is 2.65. The van der Waals surface area contributed by atoms with Gasteiger partial charge in [-0.1, -0.05) is 6.08 Å². The van der Waals surface area contributed by atoms with E-state index in [1.807, 2.05) is 48.4 Å². The zero-order valence-corrected chi connectivity index (χ0v) is 15.8. The standard InChI is InChI=1S/C15H32N3O3P/c1-15(20-13-14-21-15)11-9-7-8-10-12-18(6)22(19,16(2)3)17(4)5/h10,12H,7-9,11,13-14H2,1-6H3/b12-10+. The molecule has 1 saturated heterocycles. The van der Waals surface area contributed by atoms with E-state index in [0.29, 0.717) is 13.2 Å². The first-order valence-corrected chi connectivity index (χ1v) is 9.42. The van der Waals surface area contributed by atoms with Crippen LogP contribution in [-0.4, -0.2) is 68.3 Å². The second-order valence-corrected chi connectivity index (χ2v) is 9.50. The Labute approximate surface area is 135 Å². The van der Waals surface area contributed by atoms with Crippen molar-refractivity contribution in [1.82, 2.24) is 14.0 Å². The quantitative estimate of drug-likeness (QED) is 0.477. The zero-order valence-electron chi connectivity index (χ0n) is 14.9. The van der Waals surface area contributed by atoms with Crippen LogP contribution in [0.1, 0.15) is 32.6 Å². The van der Waals surface area contributed by atoms with Crippen LogP contribution in [0, 0.1) is 0 Å². The molecule has 7 heteroatoms. The maximum absolute atomic E-state index is 12.9. The fraction of sp³-hybridized carbons (Fsp3) is 0.867. The summed E-state index contributed by atoms with van der Waals surface area (Å²) in [5, 5.41) is 0. The van der Waals surface area contributed by atoms with Crippen molar-refractivity contribution in [3.8, 4) is 0 Å². The molecule has 0 aromatic carbocycles. The number of unbranched alkanes of at least 4 members (excludes halogenated alkanes) is 2. The average Bonchev–Trinajstić information content (AvgIpc) is 2.87. The van der Waals surface area contributed by atoms with E-state index in [-0.39, 0.29) is 5.79 Å². The normalized spacial score (nSPS) is 18.7. The molecule has 0 aliphatic carbocycles. The minimum atomic E-state index is -2.66. The van der Waals surface area contributed by atoms with Gasteiger partial charge in [0.25, 0.3) is 0 Å². The molecule has 0 aromatic rings. The maximum atomic E-state index is 12.9. The monoisotopic (exact) mass is 333 g/mol. The zero-order chi connectivity index (χ0) is 16.8. The second kappa shape index (κ2) is 8.46. The van der Waals surface area contributed by atoms with Crippen molar-refractivity contribution < 1.29 is 14.0 Å². The van der Waals surface area contributed by atoms with Crippen molar-refractivity contribution in [3.63, 3.8) is 0 Å². The van der Waals surface area contributed by atoms with Crippen LogP contribution in [0.2, 0.25) is 0 Å². The summed E-state index contributed by atoms with van der Waals surface area (Å²) in [4.78, 5) is 0. The Morgan fingerprint density at radius 3 is 2.09 bits per heavy atom. The van der Waals surface area contributed by atoms with Gasteiger partial charge in [-0.25, -0.2) is 9.34 Å². The highest BCUT2D eigenvalue weighted by Gasteiger charge is 2.31. The minimum Gasteiger partial charge on any atom is -0.348 e. The van der Waals surface area contributed by atoms with Crippen molar-refractivity contribution in [2.45, 2.75) is 38.4 Å². The first kappa shape index (κ1) is 19.7. The number of ether oxygens (including phenoxy) is 2. The van der Waals surface area contributed by atoms with Gasteiger partial charge in [-0.05, 0) is 54.4 Å². The first-order chi connectivity index (χ1) is 10.2. The Balaban J connectivity index is 2.34. The molecule has 1 fully saturated rings. The van der Waals surface area contributed by atoms with Crippen LogP contribution in [0.5, 0.6) is 0 Å². The molecule has 0 atom stereocenters. The van der Waals surface area contributed by atoms with E-state index >= 15 is 0 Å². The van der Waals surface area contributed by atoms with Crippen LogP contribution in [0.15, 0.2) is 12.3 Å². The van der Waals surface area contributed by atoms with E-state index in [9.17, 15) is 4.57 Å². The Kier molecular flexibility index (Phi) is 7.56. The molecule has 0 radical (unpaired) electrons. The lowest BCUT2D eigenvalue weighted by molar-refractivity contribution is -0.147. The van der Waals surface area contributed by atoms with Gasteiger partial charge in [-0.3, -0.25) is 4.57 Å². The Bertz CT molecular complexity index is 395. The third-order valence-electron chi connectivity index (χ3n) is 3.92. The summed E-state index contributed by atoms with van der Waals surface area (Å²) in [6.07, 6.45) is 8.01. The SMILES string of the molecule is CN(C)P(=O)(N(C)C)N(C)/C=C/CCCCC1(C)OCCO1. The van der Waals surface area contributed by atoms with Gasteiger partial charge in [0.15, 0.2) is 5.79 Å². The van der Waals surface area contributed by atoms with Crippen LogP contribution in [0.4, 0.5) is 0 Å². The average molecular weight is 333 g/mol. The van der Waals surface area contributed by atoms with Crippen molar-refractivity contribution in [3.05, 3.63) is 12.3 Å². The fourth-order valence-corrected chi connectivity index (χ4v) is 4.76. The largest absolute Gasteiger partial charge is 0.348 e. The molecule has 0 N–H and O–H groups in total. The highest BCUT2D eigenvalue weighted by molar-refractivity contribution is 7.56. The molecule has 130 valence electrons. The number of allylic oxidation sites excluding steroid dienone is 1. The van der Waals surface area contributed by atoms with Gasteiger partial charge in [-0.2, -0.15) is 0 Å². The third-order valence-corrected chi connectivity index (χ3v) is 6.96. The van der Waals surface area contributed by atoms with Crippen molar-refractivity contribution in [2.24, 2.45) is 0 Å². The van der Waals surface area contributed by atoms with Gasteiger partial charge in [0.2, 0.25) is 0 Å². The van der Waals surface area contributed by atoms with Crippen LogP contribution in [0.25, 0.3) is 0 Å². The predicted octanol–water partition coefficient (Wildman–Crippen LogP) is 2.99. The summed E-state index contributed by atoms with van der Waals surface area (Å²) in [5.74, 6) is -0.383. The predicted molar refractivity (Wildman–Crippen MR) is 90.7 cm³/mol. The van der Waals surface area contributed by atoms with Crippen LogP contribution in [0.3, 0.4) is 0 Å². The van der Waals surface area contributed by atoms with Gasteiger partial charge in [0.05, 0.1) is 13.2 Å². The van der Waals surface area contributed by atoms with Gasteiger partial charge in [0, 0.05) is 19.7 Å². The Morgan fingerprint density at radius 2 is 1.59 bits per heavy atom. The topological polar surface area (TPSA) is 45.3 Å². The van der Waals surface area contributed by atoms with E-state index < -0.39 is 7.59 Å². The molecular formula is C15H32N3O3P. The molecule has 0 bridgehead atoms. The van der Waals surface area contributed by atoms with E-state index in [2.05, 4.69) is 6.08 Å². The lowest BCUT2D eigenvalue weighted by atomic mass is 10.1. The van der Waals surface area contributed by atoms with Gasteiger partial charge >= 0.3 is 7.59 Å². The third kappa shape index (κ3) is 5.07. The van der Waals surface area contributed by atoms with Crippen molar-refractivity contribution in [2.75, 3.05) is 48.5 Å². The molecule has 22 heavy (non-hydrogen) atoms. The lowest BCUT2D eigenvalue weighted by Crippen LogP contribution is -2.29. The highest BCUT2D eigenvalue weighted by Crippen LogP contribution is 2.52. The molecule has 1 aliphatic rings. The summed E-state index contributed by atoms with van der Waals surface area (Å²) in [7, 11) is 6.56. The summed E-state index contributed by atoms with van der Waals surface area (Å²) in [6, 6.07) is 0. The van der Waals surface area contributed by atoms with Crippen LogP contribution >= 0.6 is 7.59 Å². The molecule has 0 amide bonds. The van der Waals surface area contributed by atoms with Crippen molar-refractivity contribution >= 4 is 7.59 Å². The number of nitrogens with zero attached hydrogens (tertiary/aromatic N) is 3. The molecule has 0 aromatic heterocycles. The molecular weight excluding hydrogens is 301 g/mol. The molecule has 0 unspecified atom stereocenters. The second-order valence-electron chi connectivity index (χ2n) is 6.24. The molecule has 0 spiro atoms. The summed E-state index contributed by atoms with van der Waals surface area (Å²) >= 11 is 0. The van der Waals surface area contributed by atoms with Gasteiger partial charge in [-0.15, -0.1) is 0 Å². The van der Waals surface area contributed by atoms with E-state index in [0.717, 1.165) is 25.7 Å². The summed E-state index contributed by atoms with van der Waals surface area (Å²) < 4.78 is 29.5. The van der Waals surface area contributed by atoms with E-state index in [1.165, 1.54) is 0 Å². The highest BCUT2D eigenvalue weighted by atomic mass is 31.2. The molecule has 6 nitrogen and oxygen atoms in total. The molecule has 1 aliphatic heterocycles. The first-order valence-electron chi connectivity index (χ1n) is 7.86. The maximum Gasteiger partial charge on any atom is 0.309 e. The smallest absolute Gasteiger partial charge is 0.309 e. The summed E-state index contributed by atoms with van der Waals surface area (Å²) in [5.41, 5.74) is 0. The van der Waals surface area contributed by atoms with E-state index in [1.54, 1.807) is 14.0 Å². The van der Waals surface area contributed by atoms with E-state index in [4.69, 9.17) is 9.47 Å². The molecule has 1 heterocycles. The van der Waals surface area contributed by atoms with Crippen LogP contribution in [-0.2, 0) is 14.0 Å². The minimum absolute atomic E-state index is 0.383. The molecule has 1 rings (SSSR count). The Hall–Kier alpha value is -0.390. The Morgan fingerprint density at radius 1 is 1.05 bits per heavy atom. The summed E-state index contributed by atoms with van der Waals surface area (Å²) in [6.45, 7) is 3.41. The lowest BCUT2D eigenvalue weighted by Gasteiger charge is -2.36. The van der Waals surface area contributed by atoms with Crippen molar-refractivity contribution in [1.29, 1.82) is 0 Å². The van der Waals surface area contributed by atoms with Gasteiger partial charge < -0.3 is 14.1 Å². The van der Waals surface area contributed by atoms with Crippen LogP contribution < -0.4 is 0 Å². The number of hydrogen-bond acceptors (Lipinski definition) is 3. The van der Waals surface area contributed by atoms with Gasteiger partial charge in [0.1, 0.15) is 0 Å². The number of hydrogen-bond donors (Lipinski definition) is 0.